The summed E-state index contributed by atoms with van der Waals surface area (Å²) >= 11 is 0. The van der Waals surface area contributed by atoms with Crippen molar-refractivity contribution in [2.75, 3.05) is 6.54 Å². The van der Waals surface area contributed by atoms with Crippen molar-refractivity contribution in [2.24, 2.45) is 5.16 Å². The number of unbranched alkanes of at least 4 members (excludes halogenated alkanes) is 2. The molecule has 0 aromatic carbocycles. The minimum Gasteiger partial charge on any atom is -0.477 e. The van der Waals surface area contributed by atoms with Crippen LogP contribution in [0.2, 0.25) is 0 Å². The van der Waals surface area contributed by atoms with Crippen molar-refractivity contribution < 1.29 is 19.5 Å². The van der Waals surface area contributed by atoms with E-state index in [0.717, 1.165) is 19.3 Å². The predicted molar refractivity (Wildman–Crippen MR) is 57.1 cm³/mol. The number of rotatable bonds is 6. The zero-order valence-electron chi connectivity index (χ0n) is 9.23. The van der Waals surface area contributed by atoms with Gasteiger partial charge in [0.05, 0.1) is 0 Å². The molecule has 0 saturated heterocycles. The van der Waals surface area contributed by atoms with Gasteiger partial charge in [-0.3, -0.25) is 4.79 Å². The van der Waals surface area contributed by atoms with Gasteiger partial charge in [-0.15, -0.1) is 0 Å². The Kier molecular flexibility index (Phi) is 4.75. The Morgan fingerprint density at radius 2 is 2.31 bits per heavy atom. The molecule has 1 atom stereocenters. The molecule has 0 aromatic rings. The molecule has 0 radical (unpaired) electrons. The van der Waals surface area contributed by atoms with E-state index in [4.69, 9.17) is 9.94 Å². The first-order valence-corrected chi connectivity index (χ1v) is 5.38. The van der Waals surface area contributed by atoms with Crippen molar-refractivity contribution in [1.82, 2.24) is 5.32 Å². The number of nitrogens with zero attached hydrogens (tertiary/aromatic N) is 1. The Morgan fingerprint density at radius 1 is 1.56 bits per heavy atom. The Bertz CT molecular complexity index is 301. The number of oxime groups is 1. The number of aliphatic carboxylic acids is 1. The highest BCUT2D eigenvalue weighted by atomic mass is 16.6. The molecule has 6 heteroatoms. The Hall–Kier alpha value is -1.59. The quantitative estimate of drug-likeness (QED) is 0.649. The van der Waals surface area contributed by atoms with Crippen LogP contribution in [0.5, 0.6) is 0 Å². The predicted octanol–water partition coefficient (Wildman–Crippen LogP) is 0.522. The van der Waals surface area contributed by atoms with E-state index in [1.165, 1.54) is 0 Å². The minimum absolute atomic E-state index is 0.0367. The molecule has 0 bridgehead atoms. The van der Waals surface area contributed by atoms with Gasteiger partial charge in [0.2, 0.25) is 6.10 Å². The summed E-state index contributed by atoms with van der Waals surface area (Å²) in [6, 6.07) is 0. The summed E-state index contributed by atoms with van der Waals surface area (Å²) in [4.78, 5) is 26.7. The fourth-order valence-electron chi connectivity index (χ4n) is 1.34. The molecule has 0 spiro atoms. The molecule has 90 valence electrons. The molecule has 1 aliphatic heterocycles. The van der Waals surface area contributed by atoms with Crippen molar-refractivity contribution in [3.05, 3.63) is 0 Å². The van der Waals surface area contributed by atoms with Gasteiger partial charge < -0.3 is 15.3 Å². The van der Waals surface area contributed by atoms with Gasteiger partial charge in [0.15, 0.2) is 5.71 Å². The number of hydrogen-bond donors (Lipinski definition) is 2. The molecule has 1 amide bonds. The summed E-state index contributed by atoms with van der Waals surface area (Å²) in [5.41, 5.74) is -0.103. The highest BCUT2D eigenvalue weighted by molar-refractivity contribution is 6.36. The molecule has 0 aromatic heterocycles. The van der Waals surface area contributed by atoms with Gasteiger partial charge in [0, 0.05) is 13.0 Å². The second-order valence-electron chi connectivity index (χ2n) is 3.64. The van der Waals surface area contributed by atoms with Crippen LogP contribution in [-0.4, -0.2) is 35.3 Å². The average Bonchev–Trinajstić information content (AvgIpc) is 2.73. The fourth-order valence-corrected chi connectivity index (χ4v) is 1.34. The standard InChI is InChI=1S/C10H16N2O4/c1-2-3-4-5-11-9(13)8-6-7(10(14)15)12-16-8/h8H,2-6H2,1H3,(H,11,13)(H,14,15). The lowest BCUT2D eigenvalue weighted by Gasteiger charge is -2.08. The van der Waals surface area contributed by atoms with Gasteiger partial charge in [-0.25, -0.2) is 4.79 Å². The van der Waals surface area contributed by atoms with E-state index in [-0.39, 0.29) is 18.0 Å². The summed E-state index contributed by atoms with van der Waals surface area (Å²) in [6.07, 6.45) is 2.31. The van der Waals surface area contributed by atoms with Crippen molar-refractivity contribution >= 4 is 17.6 Å². The maximum Gasteiger partial charge on any atom is 0.353 e. The van der Waals surface area contributed by atoms with Crippen LogP contribution in [0.25, 0.3) is 0 Å². The van der Waals surface area contributed by atoms with Crippen LogP contribution in [-0.2, 0) is 14.4 Å². The molecule has 1 rings (SSSR count). The van der Waals surface area contributed by atoms with Crippen LogP contribution in [0.15, 0.2) is 5.16 Å². The van der Waals surface area contributed by atoms with E-state index < -0.39 is 12.1 Å². The van der Waals surface area contributed by atoms with E-state index in [2.05, 4.69) is 17.4 Å². The smallest absolute Gasteiger partial charge is 0.353 e. The van der Waals surface area contributed by atoms with E-state index in [1.807, 2.05) is 0 Å². The maximum atomic E-state index is 11.5. The summed E-state index contributed by atoms with van der Waals surface area (Å²) in [5, 5.41) is 14.6. The number of carbonyl (C=O) groups is 2. The SMILES string of the molecule is CCCCCNC(=O)C1CC(C(=O)O)=NO1. The lowest BCUT2D eigenvalue weighted by molar-refractivity contribution is -0.131. The van der Waals surface area contributed by atoms with Crippen LogP contribution in [0.1, 0.15) is 32.6 Å². The Labute approximate surface area is 93.6 Å². The van der Waals surface area contributed by atoms with Crippen LogP contribution in [0.3, 0.4) is 0 Å². The van der Waals surface area contributed by atoms with E-state index in [1.54, 1.807) is 0 Å². The highest BCUT2D eigenvalue weighted by Gasteiger charge is 2.31. The fraction of sp³-hybridized carbons (Fsp3) is 0.700. The van der Waals surface area contributed by atoms with Crippen LogP contribution < -0.4 is 5.32 Å². The molecule has 0 aliphatic carbocycles. The largest absolute Gasteiger partial charge is 0.477 e. The number of carbonyl (C=O) groups excluding carboxylic acids is 1. The monoisotopic (exact) mass is 228 g/mol. The van der Waals surface area contributed by atoms with Gasteiger partial charge in [-0.1, -0.05) is 24.9 Å². The molecule has 16 heavy (non-hydrogen) atoms. The second kappa shape index (κ2) is 6.09. The van der Waals surface area contributed by atoms with Crippen molar-refractivity contribution in [1.29, 1.82) is 0 Å². The van der Waals surface area contributed by atoms with Crippen LogP contribution >= 0.6 is 0 Å². The second-order valence-corrected chi connectivity index (χ2v) is 3.64. The lowest BCUT2D eigenvalue weighted by atomic mass is 10.1. The molecule has 2 N–H and O–H groups in total. The third-order valence-electron chi connectivity index (χ3n) is 2.29. The zero-order valence-corrected chi connectivity index (χ0v) is 9.23. The number of nitrogens with one attached hydrogen (secondary N) is 1. The van der Waals surface area contributed by atoms with E-state index in [9.17, 15) is 9.59 Å². The van der Waals surface area contributed by atoms with Gasteiger partial charge in [-0.2, -0.15) is 0 Å². The van der Waals surface area contributed by atoms with Crippen molar-refractivity contribution in [3.8, 4) is 0 Å². The number of carboxylic acids is 1. The molecule has 1 aliphatic rings. The third-order valence-corrected chi connectivity index (χ3v) is 2.29. The number of amides is 1. The Balaban J connectivity index is 2.23. The Morgan fingerprint density at radius 3 is 2.88 bits per heavy atom. The van der Waals surface area contributed by atoms with E-state index in [0.29, 0.717) is 6.54 Å². The summed E-state index contributed by atoms with van der Waals surface area (Å²) in [6.45, 7) is 2.67. The van der Waals surface area contributed by atoms with Gasteiger partial charge in [0.1, 0.15) is 0 Å². The molecule has 1 heterocycles. The van der Waals surface area contributed by atoms with Crippen LogP contribution in [0.4, 0.5) is 0 Å². The van der Waals surface area contributed by atoms with Crippen LogP contribution in [0, 0.1) is 0 Å². The topological polar surface area (TPSA) is 88.0 Å². The third kappa shape index (κ3) is 3.52. The molecule has 1 unspecified atom stereocenters. The maximum absolute atomic E-state index is 11.5. The van der Waals surface area contributed by atoms with Gasteiger partial charge >= 0.3 is 5.97 Å². The number of hydrogen-bond acceptors (Lipinski definition) is 4. The van der Waals surface area contributed by atoms with Crippen molar-refractivity contribution in [3.63, 3.8) is 0 Å². The minimum atomic E-state index is -1.14. The average molecular weight is 228 g/mol. The highest BCUT2D eigenvalue weighted by Crippen LogP contribution is 2.10. The normalized spacial score (nSPS) is 18.8. The van der Waals surface area contributed by atoms with Gasteiger partial charge in [-0.05, 0) is 6.42 Å². The summed E-state index contributed by atoms with van der Waals surface area (Å²) < 4.78 is 0. The van der Waals surface area contributed by atoms with Gasteiger partial charge in [0.25, 0.3) is 5.91 Å². The summed E-state index contributed by atoms with van der Waals surface area (Å²) in [5.74, 6) is -1.43. The molecular weight excluding hydrogens is 212 g/mol. The van der Waals surface area contributed by atoms with E-state index >= 15 is 0 Å². The summed E-state index contributed by atoms with van der Waals surface area (Å²) in [7, 11) is 0. The lowest BCUT2D eigenvalue weighted by Crippen LogP contribution is -2.35. The first-order chi connectivity index (χ1) is 7.65. The molecular formula is C10H16N2O4. The number of carboxylic acid groups (broad SMARTS) is 1. The molecule has 0 saturated carbocycles. The first kappa shape index (κ1) is 12.5. The molecule has 6 nitrogen and oxygen atoms in total. The molecule has 0 fully saturated rings. The first-order valence-electron chi connectivity index (χ1n) is 5.38. The zero-order chi connectivity index (χ0) is 12.0. The van der Waals surface area contributed by atoms with Crippen molar-refractivity contribution in [2.45, 2.75) is 38.7 Å².